The van der Waals surface area contributed by atoms with Crippen molar-refractivity contribution in [3.63, 3.8) is 0 Å². The lowest BCUT2D eigenvalue weighted by molar-refractivity contribution is -0.119. The van der Waals surface area contributed by atoms with Crippen molar-refractivity contribution in [2.45, 2.75) is 13.1 Å². The van der Waals surface area contributed by atoms with Gasteiger partial charge in [-0.25, -0.2) is 4.98 Å². The summed E-state index contributed by atoms with van der Waals surface area (Å²) in [4.78, 5) is 32.1. The Morgan fingerprint density at radius 2 is 1.77 bits per heavy atom. The fourth-order valence-electron chi connectivity index (χ4n) is 3.19. The first-order valence-corrected chi connectivity index (χ1v) is 10.4. The van der Waals surface area contributed by atoms with Crippen LogP contribution in [0.2, 0.25) is 5.02 Å². The third-order valence-corrected chi connectivity index (χ3v) is 5.48. The van der Waals surface area contributed by atoms with E-state index in [-0.39, 0.29) is 18.0 Å². The molecule has 0 saturated heterocycles. The number of halogens is 2. The third-order valence-electron chi connectivity index (χ3n) is 4.71. The summed E-state index contributed by atoms with van der Waals surface area (Å²) in [6.07, 6.45) is 1.40. The maximum atomic E-state index is 13.3. The van der Waals surface area contributed by atoms with E-state index in [9.17, 15) is 9.59 Å². The van der Waals surface area contributed by atoms with Gasteiger partial charge in [0.25, 0.3) is 5.56 Å². The van der Waals surface area contributed by atoms with Crippen molar-refractivity contribution < 1.29 is 4.79 Å². The molecule has 5 nitrogen and oxygen atoms in total. The number of fused-ring (bicyclic) bond motifs is 1. The maximum Gasteiger partial charge on any atom is 0.261 e. The fourth-order valence-corrected chi connectivity index (χ4v) is 3.62. The fraction of sp³-hybridized carbons (Fsp3) is 0.0870. The van der Waals surface area contributed by atoms with Gasteiger partial charge in [0, 0.05) is 15.2 Å². The van der Waals surface area contributed by atoms with Crippen LogP contribution >= 0.6 is 27.5 Å². The van der Waals surface area contributed by atoms with Gasteiger partial charge in [0.15, 0.2) is 0 Å². The van der Waals surface area contributed by atoms with Gasteiger partial charge in [0.2, 0.25) is 5.91 Å². The Kier molecular flexibility index (Phi) is 5.97. The van der Waals surface area contributed by atoms with Crippen molar-refractivity contribution in [2.75, 3.05) is 4.90 Å². The molecule has 0 saturated carbocycles. The minimum Gasteiger partial charge on any atom is -0.306 e. The minimum atomic E-state index is -0.300. The summed E-state index contributed by atoms with van der Waals surface area (Å²) in [6, 6.07) is 22.2. The topological polar surface area (TPSA) is 55.2 Å². The second-order valence-electron chi connectivity index (χ2n) is 6.78. The number of rotatable bonds is 5. The van der Waals surface area contributed by atoms with Crippen LogP contribution in [0.5, 0.6) is 0 Å². The molecule has 3 aromatic carbocycles. The molecule has 4 rings (SSSR count). The number of hydrogen-bond donors (Lipinski definition) is 0. The van der Waals surface area contributed by atoms with Crippen molar-refractivity contribution in [3.8, 4) is 0 Å². The average Bonchev–Trinajstić information content (AvgIpc) is 2.76. The molecule has 0 spiro atoms. The summed E-state index contributed by atoms with van der Waals surface area (Å²) in [5.74, 6) is -0.216. The van der Waals surface area contributed by atoms with E-state index in [1.807, 2.05) is 54.6 Å². The Morgan fingerprint density at radius 3 is 2.50 bits per heavy atom. The molecule has 7 heteroatoms. The van der Waals surface area contributed by atoms with Gasteiger partial charge < -0.3 is 4.90 Å². The molecule has 1 aromatic heterocycles. The Morgan fingerprint density at radius 1 is 1.03 bits per heavy atom. The molecule has 0 radical (unpaired) electrons. The highest BCUT2D eigenvalue weighted by Crippen LogP contribution is 2.21. The van der Waals surface area contributed by atoms with Gasteiger partial charge >= 0.3 is 0 Å². The van der Waals surface area contributed by atoms with E-state index in [1.165, 1.54) is 10.9 Å². The largest absolute Gasteiger partial charge is 0.306 e. The molecule has 4 aromatic rings. The predicted molar refractivity (Wildman–Crippen MR) is 123 cm³/mol. The normalized spacial score (nSPS) is 10.9. The van der Waals surface area contributed by atoms with Gasteiger partial charge in [0.1, 0.15) is 6.54 Å². The van der Waals surface area contributed by atoms with Crippen molar-refractivity contribution >= 4 is 50.0 Å². The Hall–Kier alpha value is -2.96. The second-order valence-corrected chi connectivity index (χ2v) is 8.13. The van der Waals surface area contributed by atoms with Crippen molar-refractivity contribution in [3.05, 3.63) is 105 Å². The SMILES string of the molecule is O=C(Cn1cnc2ccc(Cl)cc2c1=O)N(Cc1ccccc1)c1ccc(Br)cc1. The van der Waals surface area contributed by atoms with Crippen LogP contribution in [-0.4, -0.2) is 15.5 Å². The summed E-state index contributed by atoms with van der Waals surface area (Å²) < 4.78 is 2.24. The van der Waals surface area contributed by atoms with Crippen LogP contribution in [-0.2, 0) is 17.9 Å². The number of benzene rings is 3. The lowest BCUT2D eigenvalue weighted by atomic mass is 10.2. The van der Waals surface area contributed by atoms with Gasteiger partial charge in [0.05, 0.1) is 23.8 Å². The lowest BCUT2D eigenvalue weighted by Crippen LogP contribution is -2.36. The van der Waals surface area contributed by atoms with Crippen LogP contribution in [0.4, 0.5) is 5.69 Å². The molecule has 0 aliphatic carbocycles. The first-order chi connectivity index (χ1) is 14.5. The number of carbonyl (C=O) groups excluding carboxylic acids is 1. The molecule has 0 aliphatic rings. The van der Waals surface area contributed by atoms with Gasteiger partial charge in [-0.2, -0.15) is 0 Å². The van der Waals surface area contributed by atoms with E-state index in [2.05, 4.69) is 20.9 Å². The summed E-state index contributed by atoms with van der Waals surface area (Å²) in [6.45, 7) is 0.264. The van der Waals surface area contributed by atoms with Gasteiger partial charge in [-0.15, -0.1) is 0 Å². The van der Waals surface area contributed by atoms with Crippen LogP contribution in [0.25, 0.3) is 10.9 Å². The smallest absolute Gasteiger partial charge is 0.261 e. The average molecular weight is 483 g/mol. The zero-order valence-electron chi connectivity index (χ0n) is 15.8. The summed E-state index contributed by atoms with van der Waals surface area (Å²) >= 11 is 9.45. The molecule has 0 aliphatic heterocycles. The zero-order valence-corrected chi connectivity index (χ0v) is 18.2. The van der Waals surface area contributed by atoms with Crippen LogP contribution in [0, 0.1) is 0 Å². The number of amides is 1. The Labute approximate surface area is 186 Å². The van der Waals surface area contributed by atoms with E-state index in [0.717, 1.165) is 15.7 Å². The molecule has 0 fully saturated rings. The third kappa shape index (κ3) is 4.45. The Bertz CT molecular complexity index is 1260. The highest BCUT2D eigenvalue weighted by Gasteiger charge is 2.18. The van der Waals surface area contributed by atoms with E-state index in [4.69, 9.17) is 11.6 Å². The lowest BCUT2D eigenvalue weighted by Gasteiger charge is -2.23. The number of aromatic nitrogens is 2. The van der Waals surface area contributed by atoms with Crippen LogP contribution in [0.15, 0.2) is 88.4 Å². The second kappa shape index (κ2) is 8.81. The molecule has 1 amide bonds. The van der Waals surface area contributed by atoms with Gasteiger partial charge in [-0.3, -0.25) is 14.2 Å². The van der Waals surface area contributed by atoms with E-state index in [0.29, 0.717) is 22.5 Å². The summed E-state index contributed by atoms with van der Waals surface area (Å²) in [7, 11) is 0. The minimum absolute atomic E-state index is 0.128. The standard InChI is InChI=1S/C23H17BrClN3O2/c24-17-6-9-19(10-7-17)28(13-16-4-2-1-3-5-16)22(29)14-27-15-26-21-11-8-18(25)12-20(21)23(27)30/h1-12,15H,13-14H2. The number of carbonyl (C=O) groups is 1. The molecule has 150 valence electrons. The van der Waals surface area contributed by atoms with Crippen LogP contribution in [0.3, 0.4) is 0 Å². The van der Waals surface area contributed by atoms with E-state index < -0.39 is 0 Å². The van der Waals surface area contributed by atoms with Crippen LogP contribution in [0.1, 0.15) is 5.56 Å². The molecular weight excluding hydrogens is 466 g/mol. The van der Waals surface area contributed by atoms with Gasteiger partial charge in [-0.05, 0) is 48.0 Å². The number of hydrogen-bond acceptors (Lipinski definition) is 3. The predicted octanol–water partition coefficient (Wildman–Crippen LogP) is 5.05. The van der Waals surface area contributed by atoms with Crippen LogP contribution < -0.4 is 10.5 Å². The molecule has 0 unspecified atom stereocenters. The number of anilines is 1. The number of nitrogens with zero attached hydrogens (tertiary/aromatic N) is 3. The Balaban J connectivity index is 1.68. The quantitative estimate of drug-likeness (QED) is 0.400. The molecule has 0 bridgehead atoms. The van der Waals surface area contributed by atoms with Crippen molar-refractivity contribution in [1.82, 2.24) is 9.55 Å². The molecule has 1 heterocycles. The van der Waals surface area contributed by atoms with E-state index >= 15 is 0 Å². The van der Waals surface area contributed by atoms with E-state index in [1.54, 1.807) is 23.1 Å². The first-order valence-electron chi connectivity index (χ1n) is 9.26. The molecule has 30 heavy (non-hydrogen) atoms. The maximum absolute atomic E-state index is 13.3. The zero-order chi connectivity index (χ0) is 21.1. The molecule has 0 atom stereocenters. The van der Waals surface area contributed by atoms with Gasteiger partial charge in [-0.1, -0.05) is 57.9 Å². The highest BCUT2D eigenvalue weighted by molar-refractivity contribution is 9.10. The van der Waals surface area contributed by atoms with Crippen molar-refractivity contribution in [2.24, 2.45) is 0 Å². The molecule has 0 N–H and O–H groups in total. The summed E-state index contributed by atoms with van der Waals surface area (Å²) in [5.41, 5.74) is 1.98. The highest BCUT2D eigenvalue weighted by atomic mass is 79.9. The van der Waals surface area contributed by atoms with Crippen molar-refractivity contribution in [1.29, 1.82) is 0 Å². The molecular formula is C23H17BrClN3O2. The first kappa shape index (κ1) is 20.3. The summed E-state index contributed by atoms with van der Waals surface area (Å²) in [5, 5.41) is 0.835. The monoisotopic (exact) mass is 481 g/mol.